The Balaban J connectivity index is 1.31. The van der Waals surface area contributed by atoms with Gasteiger partial charge in [-0.2, -0.15) is 0 Å². The number of benzene rings is 3. The average molecular weight is 413 g/mol. The quantitative estimate of drug-likeness (QED) is 0.434. The molecule has 0 fully saturated rings. The fraction of sp³-hybridized carbons (Fsp3) is 0.0800. The molecule has 5 heteroatoms. The number of thiazole rings is 1. The Morgan fingerprint density at radius 1 is 0.767 bits per heavy atom. The van der Waals surface area contributed by atoms with E-state index in [2.05, 4.69) is 10.3 Å². The number of ketones is 1. The lowest BCUT2D eigenvalue weighted by atomic mass is 10.0. The van der Waals surface area contributed by atoms with Gasteiger partial charge in [-0.15, -0.1) is 11.3 Å². The lowest BCUT2D eigenvalue weighted by Crippen LogP contribution is -2.25. The molecule has 0 saturated heterocycles. The first-order chi connectivity index (χ1) is 14.7. The van der Waals surface area contributed by atoms with Gasteiger partial charge in [-0.3, -0.25) is 9.59 Å². The van der Waals surface area contributed by atoms with Crippen molar-refractivity contribution in [3.8, 4) is 11.3 Å². The summed E-state index contributed by atoms with van der Waals surface area (Å²) in [7, 11) is 0. The molecule has 0 spiro atoms. The van der Waals surface area contributed by atoms with Crippen molar-refractivity contribution < 1.29 is 9.59 Å². The van der Waals surface area contributed by atoms with Gasteiger partial charge in [0.1, 0.15) is 0 Å². The van der Waals surface area contributed by atoms with E-state index in [1.54, 1.807) is 47.7 Å². The highest BCUT2D eigenvalue weighted by atomic mass is 32.1. The largest absolute Gasteiger partial charge is 0.352 e. The fourth-order valence-electron chi connectivity index (χ4n) is 3.08. The summed E-state index contributed by atoms with van der Waals surface area (Å²) >= 11 is 1.60. The van der Waals surface area contributed by atoms with Crippen molar-refractivity contribution in [1.29, 1.82) is 0 Å². The molecule has 0 atom stereocenters. The monoisotopic (exact) mass is 412 g/mol. The van der Waals surface area contributed by atoms with Crippen LogP contribution >= 0.6 is 11.3 Å². The highest BCUT2D eigenvalue weighted by Crippen LogP contribution is 2.21. The molecular weight excluding hydrogens is 392 g/mol. The van der Waals surface area contributed by atoms with Crippen molar-refractivity contribution in [3.63, 3.8) is 0 Å². The maximum Gasteiger partial charge on any atom is 0.251 e. The minimum atomic E-state index is -0.159. The summed E-state index contributed by atoms with van der Waals surface area (Å²) in [6, 6.07) is 25.9. The van der Waals surface area contributed by atoms with Gasteiger partial charge >= 0.3 is 0 Å². The van der Waals surface area contributed by atoms with E-state index in [0.717, 1.165) is 16.3 Å². The first-order valence-corrected chi connectivity index (χ1v) is 10.6. The maximum atomic E-state index is 12.5. The zero-order chi connectivity index (χ0) is 20.8. The van der Waals surface area contributed by atoms with Crippen molar-refractivity contribution in [2.75, 3.05) is 6.54 Å². The minimum Gasteiger partial charge on any atom is -0.352 e. The number of carbonyl (C=O) groups excluding carboxylic acids is 2. The van der Waals surface area contributed by atoms with Crippen LogP contribution in [0.25, 0.3) is 11.3 Å². The Hall–Kier alpha value is -3.57. The maximum absolute atomic E-state index is 12.5. The highest BCUT2D eigenvalue weighted by molar-refractivity contribution is 7.09. The first kappa shape index (κ1) is 19.7. The molecule has 1 N–H and O–H groups in total. The van der Waals surface area contributed by atoms with E-state index in [-0.39, 0.29) is 11.7 Å². The van der Waals surface area contributed by atoms with E-state index >= 15 is 0 Å². The van der Waals surface area contributed by atoms with Gasteiger partial charge in [-0.25, -0.2) is 4.98 Å². The molecule has 0 saturated carbocycles. The van der Waals surface area contributed by atoms with Crippen LogP contribution in [0.15, 0.2) is 90.3 Å². The second-order valence-electron chi connectivity index (χ2n) is 6.77. The fourth-order valence-corrected chi connectivity index (χ4v) is 3.89. The number of hydrogen-bond donors (Lipinski definition) is 1. The molecule has 4 rings (SSSR count). The van der Waals surface area contributed by atoms with E-state index in [1.807, 2.05) is 53.9 Å². The zero-order valence-electron chi connectivity index (χ0n) is 16.2. The van der Waals surface area contributed by atoms with Crippen LogP contribution in [0.1, 0.15) is 31.3 Å². The van der Waals surface area contributed by atoms with Crippen LogP contribution in [0.3, 0.4) is 0 Å². The molecule has 4 nitrogen and oxygen atoms in total. The third kappa shape index (κ3) is 4.70. The standard InChI is InChI=1S/C25H20N2O2S/c28-24(19-9-5-2-6-10-19)20-11-13-21(14-12-20)25(29)26-16-15-23-27-22(17-30-23)18-7-3-1-4-8-18/h1-14,17H,15-16H2,(H,26,29). The SMILES string of the molecule is O=C(NCCc1nc(-c2ccccc2)cs1)c1ccc(C(=O)c2ccccc2)cc1. The van der Waals surface area contributed by atoms with Crippen LogP contribution in [0.2, 0.25) is 0 Å². The molecule has 3 aromatic carbocycles. The number of amides is 1. The van der Waals surface area contributed by atoms with E-state index in [4.69, 9.17) is 0 Å². The molecule has 148 valence electrons. The van der Waals surface area contributed by atoms with E-state index in [1.165, 1.54) is 0 Å². The van der Waals surface area contributed by atoms with E-state index in [0.29, 0.717) is 29.7 Å². The lowest BCUT2D eigenvalue weighted by molar-refractivity contribution is 0.0952. The lowest BCUT2D eigenvalue weighted by Gasteiger charge is -2.06. The minimum absolute atomic E-state index is 0.0550. The third-order valence-corrected chi connectivity index (χ3v) is 5.60. The van der Waals surface area contributed by atoms with E-state index in [9.17, 15) is 9.59 Å². The van der Waals surface area contributed by atoms with Crippen molar-refractivity contribution in [2.45, 2.75) is 6.42 Å². The Labute approximate surface area is 179 Å². The molecule has 0 aliphatic carbocycles. The number of aromatic nitrogens is 1. The van der Waals surface area contributed by atoms with Crippen LogP contribution in [0.4, 0.5) is 0 Å². The van der Waals surface area contributed by atoms with Crippen molar-refractivity contribution in [3.05, 3.63) is 112 Å². The predicted molar refractivity (Wildman–Crippen MR) is 120 cm³/mol. The molecule has 0 unspecified atom stereocenters. The van der Waals surface area contributed by atoms with Gasteiger partial charge < -0.3 is 5.32 Å². The topological polar surface area (TPSA) is 59.1 Å². The second kappa shape index (κ2) is 9.29. The summed E-state index contributed by atoms with van der Waals surface area (Å²) in [5, 5.41) is 5.94. The Morgan fingerprint density at radius 3 is 2.07 bits per heavy atom. The molecule has 0 aliphatic rings. The van der Waals surface area contributed by atoms with Gasteiger partial charge in [-0.1, -0.05) is 72.8 Å². The van der Waals surface area contributed by atoms with Gasteiger partial charge in [0.2, 0.25) is 0 Å². The third-order valence-electron chi connectivity index (χ3n) is 4.69. The summed E-state index contributed by atoms with van der Waals surface area (Å²) < 4.78 is 0. The van der Waals surface area contributed by atoms with Crippen molar-refractivity contribution >= 4 is 23.0 Å². The molecule has 0 bridgehead atoms. The first-order valence-electron chi connectivity index (χ1n) is 9.68. The molecular formula is C25H20N2O2S. The molecule has 30 heavy (non-hydrogen) atoms. The molecule has 0 radical (unpaired) electrons. The number of nitrogens with one attached hydrogen (secondary N) is 1. The number of rotatable bonds is 7. The van der Waals surface area contributed by atoms with Crippen LogP contribution < -0.4 is 5.32 Å². The Kier molecular flexibility index (Phi) is 6.11. The normalized spacial score (nSPS) is 10.5. The van der Waals surface area contributed by atoms with Gasteiger partial charge in [0.15, 0.2) is 5.78 Å². The summed E-state index contributed by atoms with van der Waals surface area (Å²) in [6.07, 6.45) is 0.674. The second-order valence-corrected chi connectivity index (χ2v) is 7.71. The Morgan fingerprint density at radius 2 is 1.37 bits per heavy atom. The number of hydrogen-bond acceptors (Lipinski definition) is 4. The van der Waals surface area contributed by atoms with Crippen LogP contribution in [-0.2, 0) is 6.42 Å². The summed E-state index contributed by atoms with van der Waals surface area (Å²) in [4.78, 5) is 29.5. The predicted octanol–water partition coefficient (Wildman–Crippen LogP) is 5.01. The smallest absolute Gasteiger partial charge is 0.251 e. The van der Waals surface area contributed by atoms with E-state index < -0.39 is 0 Å². The van der Waals surface area contributed by atoms with Crippen LogP contribution in [0.5, 0.6) is 0 Å². The summed E-state index contributed by atoms with van der Waals surface area (Å²) in [6.45, 7) is 0.505. The zero-order valence-corrected chi connectivity index (χ0v) is 17.1. The average Bonchev–Trinajstić information content (AvgIpc) is 3.29. The van der Waals surface area contributed by atoms with Gasteiger partial charge in [0, 0.05) is 40.6 Å². The van der Waals surface area contributed by atoms with Gasteiger partial charge in [0.25, 0.3) is 5.91 Å². The molecule has 1 heterocycles. The van der Waals surface area contributed by atoms with Crippen molar-refractivity contribution in [1.82, 2.24) is 10.3 Å². The summed E-state index contributed by atoms with van der Waals surface area (Å²) in [5.74, 6) is -0.214. The number of nitrogens with zero attached hydrogens (tertiary/aromatic N) is 1. The van der Waals surface area contributed by atoms with Crippen LogP contribution in [-0.4, -0.2) is 23.2 Å². The van der Waals surface area contributed by atoms with Crippen LogP contribution in [0, 0.1) is 0 Å². The molecule has 4 aromatic rings. The Bertz CT molecular complexity index is 1140. The van der Waals surface area contributed by atoms with Gasteiger partial charge in [-0.05, 0) is 12.1 Å². The van der Waals surface area contributed by atoms with Gasteiger partial charge in [0.05, 0.1) is 10.7 Å². The highest BCUT2D eigenvalue weighted by Gasteiger charge is 2.11. The number of carbonyl (C=O) groups is 2. The summed E-state index contributed by atoms with van der Waals surface area (Å²) in [5.41, 5.74) is 3.78. The van der Waals surface area contributed by atoms with Crippen molar-refractivity contribution in [2.24, 2.45) is 0 Å². The molecule has 1 amide bonds. The molecule has 0 aliphatic heterocycles. The molecule has 1 aromatic heterocycles.